The summed E-state index contributed by atoms with van der Waals surface area (Å²) in [5.41, 5.74) is 5.41. The first-order valence-electron chi connectivity index (χ1n) is 2.87. The normalized spacial score (nSPS) is 29.7. The van der Waals surface area contributed by atoms with E-state index in [1.165, 1.54) is 0 Å². The van der Waals surface area contributed by atoms with E-state index in [9.17, 15) is 4.79 Å². The number of rotatable bonds is 1. The van der Waals surface area contributed by atoms with E-state index in [-0.39, 0.29) is 24.4 Å². The van der Waals surface area contributed by atoms with Gasteiger partial charge in [-0.1, -0.05) is 12.2 Å². The lowest BCUT2D eigenvalue weighted by Crippen LogP contribution is -2.30. The molecule has 0 bridgehead atoms. The van der Waals surface area contributed by atoms with Crippen molar-refractivity contribution in [3.63, 3.8) is 0 Å². The fourth-order valence-electron chi connectivity index (χ4n) is 0.939. The van der Waals surface area contributed by atoms with Crippen LogP contribution in [-0.2, 0) is 4.79 Å². The summed E-state index contributed by atoms with van der Waals surface area (Å²) in [5, 5.41) is 8.46. The lowest BCUT2D eigenvalue weighted by Gasteiger charge is -2.07. The quantitative estimate of drug-likeness (QED) is 0.550. The van der Waals surface area contributed by atoms with Gasteiger partial charge in [0.15, 0.2) is 0 Å². The molecule has 0 saturated heterocycles. The van der Waals surface area contributed by atoms with Crippen molar-refractivity contribution >= 4 is 18.4 Å². The van der Waals surface area contributed by atoms with Gasteiger partial charge in [-0.3, -0.25) is 4.79 Å². The summed E-state index contributed by atoms with van der Waals surface area (Å²) < 4.78 is 0. The molecule has 1 aliphatic rings. The van der Waals surface area contributed by atoms with Crippen molar-refractivity contribution in [2.45, 2.75) is 12.5 Å². The average molecular weight is 164 g/mol. The summed E-state index contributed by atoms with van der Waals surface area (Å²) in [6, 6.07) is -0.275. The van der Waals surface area contributed by atoms with Gasteiger partial charge >= 0.3 is 5.97 Å². The van der Waals surface area contributed by atoms with Crippen molar-refractivity contribution in [1.82, 2.24) is 0 Å². The predicted octanol–water partition coefficient (Wildman–Crippen LogP) is 0.396. The minimum Gasteiger partial charge on any atom is -0.481 e. The summed E-state index contributed by atoms with van der Waals surface area (Å²) in [6.07, 6.45) is 4.12. The van der Waals surface area contributed by atoms with Crippen LogP contribution in [0.3, 0.4) is 0 Å². The summed E-state index contributed by atoms with van der Waals surface area (Å²) in [7, 11) is 0. The number of hydrogen-bond donors (Lipinski definition) is 2. The molecule has 0 radical (unpaired) electrons. The van der Waals surface area contributed by atoms with Crippen LogP contribution in [0.2, 0.25) is 0 Å². The van der Waals surface area contributed by atoms with E-state index in [1.807, 2.05) is 6.08 Å². The molecule has 0 heterocycles. The molecule has 1 rings (SSSR count). The van der Waals surface area contributed by atoms with Crippen molar-refractivity contribution in [3.05, 3.63) is 12.2 Å². The third kappa shape index (κ3) is 1.72. The first kappa shape index (κ1) is 9.46. The highest BCUT2D eigenvalue weighted by molar-refractivity contribution is 5.85. The van der Waals surface area contributed by atoms with Crippen LogP contribution in [0.4, 0.5) is 0 Å². The molecule has 2 atom stereocenters. The van der Waals surface area contributed by atoms with Crippen molar-refractivity contribution in [3.8, 4) is 0 Å². The zero-order chi connectivity index (χ0) is 6.85. The first-order valence-corrected chi connectivity index (χ1v) is 2.87. The highest BCUT2D eigenvalue weighted by Gasteiger charge is 2.25. The zero-order valence-corrected chi connectivity index (χ0v) is 6.17. The maximum Gasteiger partial charge on any atom is 0.308 e. The fraction of sp³-hybridized carbons (Fsp3) is 0.500. The van der Waals surface area contributed by atoms with Gasteiger partial charge in [0.1, 0.15) is 0 Å². The molecule has 10 heavy (non-hydrogen) atoms. The highest BCUT2D eigenvalue weighted by Crippen LogP contribution is 2.16. The SMILES string of the molecule is Cl.N[C@@H]1C=CC[C@@H]1C(=O)O. The number of carbonyl (C=O) groups is 1. The molecule has 0 aromatic heterocycles. The molecule has 0 aliphatic heterocycles. The molecule has 58 valence electrons. The van der Waals surface area contributed by atoms with Gasteiger partial charge in [0.05, 0.1) is 5.92 Å². The second kappa shape index (κ2) is 3.58. The van der Waals surface area contributed by atoms with E-state index in [2.05, 4.69) is 0 Å². The molecule has 0 spiro atoms. The van der Waals surface area contributed by atoms with E-state index in [0.29, 0.717) is 6.42 Å². The summed E-state index contributed by atoms with van der Waals surface area (Å²) in [4.78, 5) is 10.3. The maximum atomic E-state index is 10.3. The van der Waals surface area contributed by atoms with Gasteiger partial charge in [-0.15, -0.1) is 12.4 Å². The molecule has 3 nitrogen and oxygen atoms in total. The van der Waals surface area contributed by atoms with Gasteiger partial charge in [0.25, 0.3) is 0 Å². The summed E-state index contributed by atoms with van der Waals surface area (Å²) in [6.45, 7) is 0. The Hall–Kier alpha value is -0.540. The van der Waals surface area contributed by atoms with Gasteiger partial charge in [-0.05, 0) is 6.42 Å². The minimum atomic E-state index is -0.799. The molecule has 3 N–H and O–H groups in total. The standard InChI is InChI=1S/C6H9NO2.ClH/c7-5-3-1-2-4(5)6(8)9;/h1,3-5H,2,7H2,(H,8,9);1H/t4-,5+;/m0./s1. The van der Waals surface area contributed by atoms with Gasteiger partial charge in [0, 0.05) is 6.04 Å². The van der Waals surface area contributed by atoms with Crippen LogP contribution >= 0.6 is 12.4 Å². The molecule has 0 aromatic carbocycles. The van der Waals surface area contributed by atoms with Gasteiger partial charge in [-0.2, -0.15) is 0 Å². The third-order valence-corrected chi connectivity index (χ3v) is 1.53. The van der Waals surface area contributed by atoms with Crippen molar-refractivity contribution in [1.29, 1.82) is 0 Å². The number of hydrogen-bond acceptors (Lipinski definition) is 2. The highest BCUT2D eigenvalue weighted by atomic mass is 35.5. The number of carboxylic acids is 1. The summed E-state index contributed by atoms with van der Waals surface area (Å²) >= 11 is 0. The predicted molar refractivity (Wildman–Crippen MR) is 40.1 cm³/mol. The smallest absolute Gasteiger partial charge is 0.308 e. The molecule has 0 aromatic rings. The Labute approximate surface area is 65.3 Å². The van der Waals surface area contributed by atoms with E-state index in [4.69, 9.17) is 10.8 Å². The largest absolute Gasteiger partial charge is 0.481 e. The van der Waals surface area contributed by atoms with Crippen LogP contribution in [0.5, 0.6) is 0 Å². The Morgan fingerprint density at radius 2 is 2.30 bits per heavy atom. The number of nitrogens with two attached hydrogens (primary N) is 1. The monoisotopic (exact) mass is 163 g/mol. The Bertz CT molecular complexity index is 158. The van der Waals surface area contributed by atoms with Crippen LogP contribution in [0.15, 0.2) is 12.2 Å². The second-order valence-electron chi connectivity index (χ2n) is 2.19. The second-order valence-corrected chi connectivity index (χ2v) is 2.19. The molecule has 1 aliphatic carbocycles. The Morgan fingerprint density at radius 3 is 2.50 bits per heavy atom. The van der Waals surface area contributed by atoms with Crippen LogP contribution in [0.25, 0.3) is 0 Å². The summed E-state index contributed by atoms with van der Waals surface area (Å²) in [5.74, 6) is -1.18. The lowest BCUT2D eigenvalue weighted by molar-refractivity contribution is -0.141. The van der Waals surface area contributed by atoms with Crippen LogP contribution in [0.1, 0.15) is 6.42 Å². The van der Waals surface area contributed by atoms with Gasteiger partial charge < -0.3 is 10.8 Å². The average Bonchev–Trinajstić information content (AvgIpc) is 2.13. The van der Waals surface area contributed by atoms with Crippen LogP contribution in [0, 0.1) is 5.92 Å². The molecule has 0 amide bonds. The Morgan fingerprint density at radius 1 is 1.70 bits per heavy atom. The van der Waals surface area contributed by atoms with E-state index < -0.39 is 5.97 Å². The number of allylic oxidation sites excluding steroid dienone is 1. The molecule has 0 unspecified atom stereocenters. The molecule has 4 heteroatoms. The fourth-order valence-corrected chi connectivity index (χ4v) is 0.939. The topological polar surface area (TPSA) is 63.3 Å². The lowest BCUT2D eigenvalue weighted by atomic mass is 10.0. The Balaban J connectivity index is 0.000000810. The maximum absolute atomic E-state index is 10.3. The molecule has 0 fully saturated rings. The third-order valence-electron chi connectivity index (χ3n) is 1.53. The van der Waals surface area contributed by atoms with E-state index in [0.717, 1.165) is 0 Å². The first-order chi connectivity index (χ1) is 4.22. The molecule has 0 saturated carbocycles. The number of carboxylic acid groups (broad SMARTS) is 1. The van der Waals surface area contributed by atoms with Crippen LogP contribution < -0.4 is 5.73 Å². The molecular weight excluding hydrogens is 154 g/mol. The minimum absolute atomic E-state index is 0. The van der Waals surface area contributed by atoms with Gasteiger partial charge in [-0.25, -0.2) is 0 Å². The van der Waals surface area contributed by atoms with Crippen LogP contribution in [-0.4, -0.2) is 17.1 Å². The van der Waals surface area contributed by atoms with Crippen molar-refractivity contribution in [2.75, 3.05) is 0 Å². The van der Waals surface area contributed by atoms with E-state index >= 15 is 0 Å². The number of halogens is 1. The van der Waals surface area contributed by atoms with Gasteiger partial charge in [0.2, 0.25) is 0 Å². The zero-order valence-electron chi connectivity index (χ0n) is 5.36. The van der Waals surface area contributed by atoms with Crippen molar-refractivity contribution in [2.24, 2.45) is 11.7 Å². The van der Waals surface area contributed by atoms with E-state index in [1.54, 1.807) is 6.08 Å². The Kier molecular flexibility index (Phi) is 3.39. The number of aliphatic carboxylic acids is 1. The van der Waals surface area contributed by atoms with Crippen molar-refractivity contribution < 1.29 is 9.90 Å². The molecular formula is C6H10ClNO2.